The summed E-state index contributed by atoms with van der Waals surface area (Å²) >= 11 is 0. The smallest absolute Gasteiger partial charge is 0.339 e. The normalized spacial score (nSPS) is 13.2. The molecule has 0 amide bonds. The Morgan fingerprint density at radius 1 is 1.39 bits per heavy atom. The highest BCUT2D eigenvalue weighted by molar-refractivity contribution is 5.76. The monoisotopic (exact) mass is 258 g/mol. The van der Waals surface area contributed by atoms with Gasteiger partial charge in [-0.2, -0.15) is 0 Å². The molecule has 100 valence electrons. The molecule has 0 heterocycles. The molecule has 0 aliphatic rings. The Balaban J connectivity index is 2.73. The highest BCUT2D eigenvalue weighted by Crippen LogP contribution is 2.21. The van der Waals surface area contributed by atoms with Crippen LogP contribution in [0.3, 0.4) is 0 Å². The first kappa shape index (κ1) is 14.6. The van der Waals surface area contributed by atoms with E-state index >= 15 is 0 Å². The van der Waals surface area contributed by atoms with Crippen molar-refractivity contribution in [3.63, 3.8) is 0 Å². The van der Waals surface area contributed by atoms with Crippen LogP contribution in [0.25, 0.3) is 0 Å². The third kappa shape index (κ3) is 4.41. The number of esters is 1. The van der Waals surface area contributed by atoms with E-state index in [9.17, 15) is 18.7 Å². The van der Waals surface area contributed by atoms with E-state index in [1.807, 2.05) is 0 Å². The van der Waals surface area contributed by atoms with Crippen LogP contribution in [-0.2, 0) is 16.0 Å². The van der Waals surface area contributed by atoms with E-state index in [-0.39, 0.29) is 13.0 Å². The molecule has 0 saturated heterocycles. The van der Waals surface area contributed by atoms with E-state index in [2.05, 4.69) is 4.74 Å². The highest BCUT2D eigenvalue weighted by Gasteiger charge is 2.22. The average molecular weight is 258 g/mol. The number of alkyl halides is 2. The van der Waals surface area contributed by atoms with Crippen LogP contribution in [0.5, 0.6) is 0 Å². The summed E-state index contributed by atoms with van der Waals surface area (Å²) in [5, 5.41) is 9.62. The van der Waals surface area contributed by atoms with E-state index in [0.717, 1.165) is 6.92 Å². The fraction of sp³-hybridized carbons (Fsp3) is 0.462. The fourth-order valence-corrected chi connectivity index (χ4v) is 1.53. The van der Waals surface area contributed by atoms with Crippen LogP contribution in [0, 0.1) is 0 Å². The second-order valence-corrected chi connectivity index (χ2v) is 4.14. The number of carbonyl (C=O) groups is 1. The number of rotatable bonds is 5. The van der Waals surface area contributed by atoms with Crippen molar-refractivity contribution < 1.29 is 23.4 Å². The second-order valence-electron chi connectivity index (χ2n) is 4.14. The predicted molar refractivity (Wildman–Crippen MR) is 62.4 cm³/mol. The third-order valence-corrected chi connectivity index (χ3v) is 2.32. The standard InChI is InChI=1S/C13H16F2O3/c1-3-18-12(17)11(16)10-6-4-9(5-7-10)8-13(2,14)15/h4-7,11,16H,3,8H2,1-2H3. The summed E-state index contributed by atoms with van der Waals surface area (Å²) < 4.78 is 30.2. The maximum absolute atomic E-state index is 12.8. The number of hydrogen-bond donors (Lipinski definition) is 1. The summed E-state index contributed by atoms with van der Waals surface area (Å²) in [7, 11) is 0. The molecule has 1 unspecified atom stereocenters. The number of aliphatic hydroxyl groups is 1. The van der Waals surface area contributed by atoms with Gasteiger partial charge in [0.2, 0.25) is 5.92 Å². The van der Waals surface area contributed by atoms with Crippen molar-refractivity contribution in [2.45, 2.75) is 32.3 Å². The third-order valence-electron chi connectivity index (χ3n) is 2.32. The molecule has 0 saturated carbocycles. The molecule has 18 heavy (non-hydrogen) atoms. The van der Waals surface area contributed by atoms with Gasteiger partial charge in [0, 0.05) is 6.42 Å². The van der Waals surface area contributed by atoms with Gasteiger partial charge in [-0.15, -0.1) is 0 Å². The van der Waals surface area contributed by atoms with E-state index in [1.54, 1.807) is 6.92 Å². The van der Waals surface area contributed by atoms with Crippen molar-refractivity contribution in [1.82, 2.24) is 0 Å². The second kappa shape index (κ2) is 5.91. The molecule has 5 heteroatoms. The predicted octanol–water partition coefficient (Wildman–Crippen LogP) is 2.48. The van der Waals surface area contributed by atoms with Gasteiger partial charge < -0.3 is 9.84 Å². The summed E-state index contributed by atoms with van der Waals surface area (Å²) in [6.07, 6.45) is -1.75. The minimum atomic E-state index is -2.78. The number of ether oxygens (including phenoxy) is 1. The molecule has 1 atom stereocenters. The Labute approximate surface area is 104 Å². The van der Waals surface area contributed by atoms with Crippen LogP contribution < -0.4 is 0 Å². The lowest BCUT2D eigenvalue weighted by atomic mass is 10.0. The Morgan fingerprint density at radius 2 is 1.94 bits per heavy atom. The van der Waals surface area contributed by atoms with E-state index in [4.69, 9.17) is 0 Å². The van der Waals surface area contributed by atoms with Gasteiger partial charge in [0.05, 0.1) is 6.61 Å². The molecule has 0 radical (unpaired) electrons. The molecule has 1 N–H and O–H groups in total. The molecule has 0 spiro atoms. The molecule has 0 aliphatic heterocycles. The van der Waals surface area contributed by atoms with Gasteiger partial charge in [0.15, 0.2) is 6.10 Å². The van der Waals surface area contributed by atoms with E-state index in [1.165, 1.54) is 24.3 Å². The summed E-state index contributed by atoms with van der Waals surface area (Å²) in [6, 6.07) is 5.83. The Hall–Kier alpha value is -1.49. The SMILES string of the molecule is CCOC(=O)C(O)c1ccc(CC(C)(F)F)cc1. The first-order valence-electron chi connectivity index (χ1n) is 5.65. The minimum absolute atomic E-state index is 0.177. The first-order chi connectivity index (χ1) is 8.33. The lowest BCUT2D eigenvalue weighted by Gasteiger charge is -2.12. The number of halogens is 2. The number of benzene rings is 1. The van der Waals surface area contributed by atoms with Crippen molar-refractivity contribution in [2.24, 2.45) is 0 Å². The summed E-state index contributed by atoms with van der Waals surface area (Å²) in [6.45, 7) is 2.65. The van der Waals surface area contributed by atoms with Crippen LogP contribution in [0.2, 0.25) is 0 Å². The van der Waals surface area contributed by atoms with Crippen LogP contribution >= 0.6 is 0 Å². The Bertz CT molecular complexity index is 396. The minimum Gasteiger partial charge on any atom is -0.464 e. The molecular weight excluding hydrogens is 242 g/mol. The molecule has 0 aliphatic carbocycles. The summed E-state index contributed by atoms with van der Waals surface area (Å²) in [5.74, 6) is -3.52. The summed E-state index contributed by atoms with van der Waals surface area (Å²) in [5.41, 5.74) is 0.777. The Kier molecular flexibility index (Phi) is 4.78. The van der Waals surface area contributed by atoms with Gasteiger partial charge in [0.25, 0.3) is 0 Å². The van der Waals surface area contributed by atoms with Crippen molar-refractivity contribution in [1.29, 1.82) is 0 Å². The van der Waals surface area contributed by atoms with Crippen molar-refractivity contribution in [3.05, 3.63) is 35.4 Å². The van der Waals surface area contributed by atoms with E-state index in [0.29, 0.717) is 11.1 Å². The topological polar surface area (TPSA) is 46.5 Å². The van der Waals surface area contributed by atoms with Gasteiger partial charge in [0.1, 0.15) is 0 Å². The zero-order chi connectivity index (χ0) is 13.8. The lowest BCUT2D eigenvalue weighted by molar-refractivity contribution is -0.153. The van der Waals surface area contributed by atoms with Crippen LogP contribution in [0.1, 0.15) is 31.1 Å². The van der Waals surface area contributed by atoms with Gasteiger partial charge in [-0.1, -0.05) is 24.3 Å². The molecule has 0 aromatic heterocycles. The quantitative estimate of drug-likeness (QED) is 0.825. The molecule has 1 rings (SSSR count). The van der Waals surface area contributed by atoms with E-state index < -0.39 is 18.0 Å². The number of carbonyl (C=O) groups excluding carboxylic acids is 1. The molecule has 1 aromatic carbocycles. The molecule has 3 nitrogen and oxygen atoms in total. The lowest BCUT2D eigenvalue weighted by Crippen LogP contribution is -2.16. The first-order valence-corrected chi connectivity index (χ1v) is 5.65. The number of hydrogen-bond acceptors (Lipinski definition) is 3. The highest BCUT2D eigenvalue weighted by atomic mass is 19.3. The molecular formula is C13H16F2O3. The van der Waals surface area contributed by atoms with Crippen LogP contribution in [0.15, 0.2) is 24.3 Å². The van der Waals surface area contributed by atoms with Gasteiger partial charge in [-0.05, 0) is 25.0 Å². The van der Waals surface area contributed by atoms with Crippen molar-refractivity contribution in [2.75, 3.05) is 6.61 Å². The van der Waals surface area contributed by atoms with Gasteiger partial charge >= 0.3 is 5.97 Å². The maximum atomic E-state index is 12.8. The average Bonchev–Trinajstić information content (AvgIpc) is 2.27. The Morgan fingerprint density at radius 3 is 2.39 bits per heavy atom. The molecule has 1 aromatic rings. The van der Waals surface area contributed by atoms with Gasteiger partial charge in [-0.3, -0.25) is 0 Å². The zero-order valence-electron chi connectivity index (χ0n) is 10.3. The largest absolute Gasteiger partial charge is 0.464 e. The van der Waals surface area contributed by atoms with Gasteiger partial charge in [-0.25, -0.2) is 13.6 Å². The molecule has 0 fully saturated rings. The van der Waals surface area contributed by atoms with Crippen molar-refractivity contribution >= 4 is 5.97 Å². The zero-order valence-corrected chi connectivity index (χ0v) is 10.3. The summed E-state index contributed by atoms with van der Waals surface area (Å²) in [4.78, 5) is 11.3. The molecule has 0 bridgehead atoms. The number of aliphatic hydroxyl groups excluding tert-OH is 1. The van der Waals surface area contributed by atoms with Crippen LogP contribution in [0.4, 0.5) is 8.78 Å². The van der Waals surface area contributed by atoms with Crippen molar-refractivity contribution in [3.8, 4) is 0 Å². The maximum Gasteiger partial charge on any atom is 0.339 e. The van der Waals surface area contributed by atoms with Crippen LogP contribution in [-0.4, -0.2) is 23.6 Å². The fourth-order valence-electron chi connectivity index (χ4n) is 1.53.